The molecule has 1 aliphatic carbocycles. The number of hydrogen-bond donors (Lipinski definition) is 1. The van der Waals surface area contributed by atoms with E-state index in [0.717, 1.165) is 24.9 Å². The maximum absolute atomic E-state index is 12.7. The molecule has 1 aliphatic heterocycles. The fourth-order valence-corrected chi connectivity index (χ4v) is 4.05. The predicted octanol–water partition coefficient (Wildman–Crippen LogP) is 3.87. The highest BCUT2D eigenvalue weighted by atomic mass is 16.2. The fourth-order valence-electron chi connectivity index (χ4n) is 4.05. The third kappa shape index (κ3) is 1.90. The van der Waals surface area contributed by atoms with E-state index in [1.54, 1.807) is 0 Å². The van der Waals surface area contributed by atoms with Gasteiger partial charge in [0.25, 0.3) is 0 Å². The van der Waals surface area contributed by atoms with Crippen molar-refractivity contribution in [2.45, 2.75) is 38.5 Å². The van der Waals surface area contributed by atoms with Gasteiger partial charge in [0.05, 0.1) is 5.41 Å². The molecule has 2 heteroatoms. The molecule has 1 amide bonds. The molecule has 2 aromatic carbocycles. The van der Waals surface area contributed by atoms with Crippen molar-refractivity contribution in [3.8, 4) is 0 Å². The van der Waals surface area contributed by atoms with Crippen LogP contribution in [0.2, 0.25) is 0 Å². The van der Waals surface area contributed by atoms with Crippen molar-refractivity contribution >= 4 is 11.6 Å². The first-order valence-electron chi connectivity index (χ1n) is 8.10. The molecular weight excluding hydrogens is 270 g/mol. The SMILES string of the molecule is CC(C)Cc1ccc2c(c1)CC1(C2)C(=O)Nc2ccccc21. The van der Waals surface area contributed by atoms with Gasteiger partial charge in [-0.05, 0) is 53.5 Å². The standard InChI is InChI=1S/C20H21NO/c1-13(2)9-14-7-8-15-11-20(12-16(15)10-14)17-5-3-4-6-18(17)21-19(20)22/h3-8,10,13H,9,11-12H2,1-2H3,(H,21,22). The molecule has 22 heavy (non-hydrogen) atoms. The van der Waals surface area contributed by atoms with Crippen molar-refractivity contribution in [1.82, 2.24) is 0 Å². The lowest BCUT2D eigenvalue weighted by Crippen LogP contribution is -2.35. The molecule has 0 bridgehead atoms. The van der Waals surface area contributed by atoms with Crippen molar-refractivity contribution in [2.24, 2.45) is 5.92 Å². The summed E-state index contributed by atoms with van der Waals surface area (Å²) in [4.78, 5) is 12.7. The number of rotatable bonds is 2. The van der Waals surface area contributed by atoms with Crippen LogP contribution in [0, 0.1) is 5.92 Å². The highest BCUT2D eigenvalue weighted by molar-refractivity contribution is 6.07. The molecule has 0 radical (unpaired) electrons. The summed E-state index contributed by atoms with van der Waals surface area (Å²) < 4.78 is 0. The van der Waals surface area contributed by atoms with E-state index in [9.17, 15) is 4.79 Å². The predicted molar refractivity (Wildman–Crippen MR) is 89.1 cm³/mol. The zero-order chi connectivity index (χ0) is 15.3. The number of nitrogens with one attached hydrogen (secondary N) is 1. The van der Waals surface area contributed by atoms with Gasteiger partial charge in [-0.1, -0.05) is 50.2 Å². The monoisotopic (exact) mass is 291 g/mol. The van der Waals surface area contributed by atoms with Crippen LogP contribution in [0.1, 0.15) is 36.1 Å². The first kappa shape index (κ1) is 13.6. The Hall–Kier alpha value is -2.09. The molecule has 4 rings (SSSR count). The van der Waals surface area contributed by atoms with Gasteiger partial charge in [-0.2, -0.15) is 0 Å². The molecule has 112 valence electrons. The van der Waals surface area contributed by atoms with Crippen molar-refractivity contribution in [3.05, 3.63) is 64.7 Å². The van der Waals surface area contributed by atoms with E-state index in [1.165, 1.54) is 22.3 Å². The van der Waals surface area contributed by atoms with E-state index in [0.29, 0.717) is 5.92 Å². The maximum atomic E-state index is 12.7. The van der Waals surface area contributed by atoms with E-state index in [4.69, 9.17) is 0 Å². The largest absolute Gasteiger partial charge is 0.325 e. The molecule has 0 saturated heterocycles. The van der Waals surface area contributed by atoms with Crippen molar-refractivity contribution in [1.29, 1.82) is 0 Å². The third-order valence-electron chi connectivity index (χ3n) is 5.02. The second-order valence-electron chi connectivity index (χ2n) is 7.14. The number of hydrogen-bond acceptors (Lipinski definition) is 1. The van der Waals surface area contributed by atoms with Crippen LogP contribution >= 0.6 is 0 Å². The minimum atomic E-state index is -0.380. The Morgan fingerprint density at radius 1 is 1.09 bits per heavy atom. The summed E-state index contributed by atoms with van der Waals surface area (Å²) >= 11 is 0. The number of fused-ring (bicyclic) bond motifs is 3. The Morgan fingerprint density at radius 2 is 1.86 bits per heavy atom. The van der Waals surface area contributed by atoms with Crippen LogP contribution in [-0.2, 0) is 29.5 Å². The number of para-hydroxylation sites is 1. The van der Waals surface area contributed by atoms with Gasteiger partial charge in [0.2, 0.25) is 5.91 Å². The Balaban J connectivity index is 1.74. The molecule has 2 aliphatic rings. The Kier molecular flexibility index (Phi) is 2.90. The minimum absolute atomic E-state index is 0.162. The van der Waals surface area contributed by atoms with E-state index < -0.39 is 0 Å². The molecule has 2 nitrogen and oxygen atoms in total. The summed E-state index contributed by atoms with van der Waals surface area (Å²) in [6.07, 6.45) is 2.76. The molecule has 1 unspecified atom stereocenters. The molecule has 1 atom stereocenters. The smallest absolute Gasteiger partial charge is 0.235 e. The van der Waals surface area contributed by atoms with Crippen LogP contribution in [0.25, 0.3) is 0 Å². The summed E-state index contributed by atoms with van der Waals surface area (Å²) in [6, 6.07) is 14.9. The van der Waals surface area contributed by atoms with Crippen molar-refractivity contribution < 1.29 is 4.79 Å². The van der Waals surface area contributed by atoms with Crippen molar-refractivity contribution in [2.75, 3.05) is 5.32 Å². The van der Waals surface area contributed by atoms with Gasteiger partial charge in [0.15, 0.2) is 0 Å². The Labute approximate surface area is 131 Å². The van der Waals surface area contributed by atoms with Crippen LogP contribution in [0.15, 0.2) is 42.5 Å². The van der Waals surface area contributed by atoms with E-state index in [2.05, 4.69) is 43.4 Å². The summed E-state index contributed by atoms with van der Waals surface area (Å²) in [7, 11) is 0. The third-order valence-corrected chi connectivity index (χ3v) is 5.02. The number of anilines is 1. The van der Waals surface area contributed by atoms with Gasteiger partial charge in [-0.15, -0.1) is 0 Å². The number of amides is 1. The highest BCUT2D eigenvalue weighted by Crippen LogP contribution is 2.47. The molecule has 0 aromatic heterocycles. The first-order valence-corrected chi connectivity index (χ1v) is 8.10. The molecule has 2 aromatic rings. The Morgan fingerprint density at radius 3 is 2.68 bits per heavy atom. The maximum Gasteiger partial charge on any atom is 0.235 e. The summed E-state index contributed by atoms with van der Waals surface area (Å²) in [5.41, 5.74) is 5.85. The molecule has 0 saturated carbocycles. The second kappa shape index (κ2) is 4.70. The lowest BCUT2D eigenvalue weighted by atomic mass is 9.79. The lowest BCUT2D eigenvalue weighted by Gasteiger charge is -2.20. The Bertz CT molecular complexity index is 762. The van der Waals surface area contributed by atoms with E-state index in [1.807, 2.05) is 18.2 Å². The van der Waals surface area contributed by atoms with Crippen LogP contribution in [0.4, 0.5) is 5.69 Å². The van der Waals surface area contributed by atoms with Crippen LogP contribution < -0.4 is 5.32 Å². The summed E-state index contributed by atoms with van der Waals surface area (Å²) in [6.45, 7) is 4.49. The number of carbonyl (C=O) groups is 1. The first-order chi connectivity index (χ1) is 10.6. The van der Waals surface area contributed by atoms with Gasteiger partial charge >= 0.3 is 0 Å². The zero-order valence-corrected chi connectivity index (χ0v) is 13.1. The van der Waals surface area contributed by atoms with Gasteiger partial charge < -0.3 is 5.32 Å². The molecule has 0 fully saturated rings. The van der Waals surface area contributed by atoms with Crippen molar-refractivity contribution in [3.63, 3.8) is 0 Å². The minimum Gasteiger partial charge on any atom is -0.325 e. The van der Waals surface area contributed by atoms with Gasteiger partial charge in [-0.25, -0.2) is 0 Å². The zero-order valence-electron chi connectivity index (χ0n) is 13.1. The van der Waals surface area contributed by atoms with Crippen LogP contribution in [0.3, 0.4) is 0 Å². The molecule has 1 heterocycles. The van der Waals surface area contributed by atoms with Gasteiger partial charge in [0.1, 0.15) is 0 Å². The topological polar surface area (TPSA) is 29.1 Å². The van der Waals surface area contributed by atoms with Gasteiger partial charge in [-0.3, -0.25) is 4.79 Å². The average molecular weight is 291 g/mol. The fraction of sp³-hybridized carbons (Fsp3) is 0.350. The highest BCUT2D eigenvalue weighted by Gasteiger charge is 2.50. The second-order valence-corrected chi connectivity index (χ2v) is 7.14. The van der Waals surface area contributed by atoms with Gasteiger partial charge in [0, 0.05) is 5.69 Å². The summed E-state index contributed by atoms with van der Waals surface area (Å²) in [5, 5.41) is 3.07. The summed E-state index contributed by atoms with van der Waals surface area (Å²) in [5.74, 6) is 0.819. The quantitative estimate of drug-likeness (QED) is 0.894. The molecular formula is C20H21NO. The van der Waals surface area contributed by atoms with Crippen LogP contribution in [0.5, 0.6) is 0 Å². The van der Waals surface area contributed by atoms with E-state index >= 15 is 0 Å². The number of benzene rings is 2. The lowest BCUT2D eigenvalue weighted by molar-refractivity contribution is -0.120. The average Bonchev–Trinajstić information content (AvgIpc) is 2.98. The normalized spacial score (nSPS) is 22.0. The number of carbonyl (C=O) groups excluding carboxylic acids is 1. The van der Waals surface area contributed by atoms with Crippen LogP contribution in [-0.4, -0.2) is 5.91 Å². The van der Waals surface area contributed by atoms with E-state index in [-0.39, 0.29) is 11.3 Å². The molecule has 1 spiro atoms. The molecule has 1 N–H and O–H groups in total.